The van der Waals surface area contributed by atoms with Crippen LogP contribution in [0.2, 0.25) is 0 Å². The summed E-state index contributed by atoms with van der Waals surface area (Å²) >= 11 is 0. The van der Waals surface area contributed by atoms with E-state index in [1.54, 1.807) is 18.5 Å². The van der Waals surface area contributed by atoms with Gasteiger partial charge in [0.15, 0.2) is 11.6 Å². The second kappa shape index (κ2) is 5.60. The molecule has 1 unspecified atom stereocenters. The number of aromatic nitrogens is 1. The molecule has 1 heterocycles. The molecule has 1 aromatic heterocycles. The molecule has 0 bridgehead atoms. The van der Waals surface area contributed by atoms with Crippen LogP contribution in [-0.4, -0.2) is 17.2 Å². The van der Waals surface area contributed by atoms with Gasteiger partial charge >= 0.3 is 0 Å². The largest absolute Gasteiger partial charge is 0.494 e. The molecule has 1 N–H and O–H groups in total. The highest BCUT2D eigenvalue weighted by molar-refractivity contribution is 5.32. The highest BCUT2D eigenvalue weighted by Crippen LogP contribution is 2.24. The van der Waals surface area contributed by atoms with Gasteiger partial charge in [-0.3, -0.25) is 4.98 Å². The standard InChI is InChI=1S/C14H14FNO2/c1-18-14-9-11(2-3-12(14)15)13(17)8-10-4-6-16-7-5-10/h2-7,9,13,17H,8H2,1H3. The van der Waals surface area contributed by atoms with Crippen molar-refractivity contribution in [3.05, 3.63) is 59.7 Å². The first kappa shape index (κ1) is 12.5. The van der Waals surface area contributed by atoms with Gasteiger partial charge in [0.1, 0.15) is 0 Å². The summed E-state index contributed by atoms with van der Waals surface area (Å²) in [6, 6.07) is 8.04. The van der Waals surface area contributed by atoms with Crippen molar-refractivity contribution in [2.75, 3.05) is 7.11 Å². The fourth-order valence-electron chi connectivity index (χ4n) is 1.74. The smallest absolute Gasteiger partial charge is 0.165 e. The van der Waals surface area contributed by atoms with Crippen molar-refractivity contribution in [3.63, 3.8) is 0 Å². The van der Waals surface area contributed by atoms with Crippen molar-refractivity contribution < 1.29 is 14.2 Å². The lowest BCUT2D eigenvalue weighted by atomic mass is 10.0. The quantitative estimate of drug-likeness (QED) is 0.902. The van der Waals surface area contributed by atoms with E-state index in [9.17, 15) is 9.50 Å². The lowest BCUT2D eigenvalue weighted by Gasteiger charge is -2.12. The number of aliphatic hydroxyl groups excluding tert-OH is 1. The van der Waals surface area contributed by atoms with Gasteiger partial charge in [0.25, 0.3) is 0 Å². The van der Waals surface area contributed by atoms with E-state index in [1.807, 2.05) is 12.1 Å². The molecule has 1 atom stereocenters. The monoisotopic (exact) mass is 247 g/mol. The van der Waals surface area contributed by atoms with Gasteiger partial charge in [-0.25, -0.2) is 4.39 Å². The van der Waals surface area contributed by atoms with Gasteiger partial charge in [-0.05, 0) is 35.4 Å². The number of nitrogens with zero attached hydrogens (tertiary/aromatic N) is 1. The topological polar surface area (TPSA) is 42.4 Å². The summed E-state index contributed by atoms with van der Waals surface area (Å²) in [6.07, 6.45) is 3.11. The van der Waals surface area contributed by atoms with Crippen LogP contribution in [0.25, 0.3) is 0 Å². The molecule has 0 aliphatic carbocycles. The molecular weight excluding hydrogens is 233 g/mol. The normalized spacial score (nSPS) is 12.2. The molecule has 0 radical (unpaired) electrons. The van der Waals surface area contributed by atoms with E-state index < -0.39 is 11.9 Å². The number of hydrogen-bond acceptors (Lipinski definition) is 3. The highest BCUT2D eigenvalue weighted by atomic mass is 19.1. The minimum atomic E-state index is -0.693. The summed E-state index contributed by atoms with van der Waals surface area (Å²) in [5.41, 5.74) is 1.60. The van der Waals surface area contributed by atoms with E-state index >= 15 is 0 Å². The number of halogens is 1. The van der Waals surface area contributed by atoms with Crippen LogP contribution in [0.4, 0.5) is 4.39 Å². The lowest BCUT2D eigenvalue weighted by molar-refractivity contribution is 0.178. The van der Waals surface area contributed by atoms with E-state index in [1.165, 1.54) is 19.2 Å². The number of methoxy groups -OCH3 is 1. The number of benzene rings is 1. The maximum Gasteiger partial charge on any atom is 0.165 e. The van der Waals surface area contributed by atoms with Crippen LogP contribution in [-0.2, 0) is 6.42 Å². The van der Waals surface area contributed by atoms with Crippen molar-refractivity contribution in [1.29, 1.82) is 0 Å². The summed E-state index contributed by atoms with van der Waals surface area (Å²) in [7, 11) is 1.40. The Labute approximate surface area is 105 Å². The minimum absolute atomic E-state index is 0.140. The molecule has 0 saturated heterocycles. The molecule has 4 heteroatoms. The molecular formula is C14H14FNO2. The Hall–Kier alpha value is -1.94. The average molecular weight is 247 g/mol. The van der Waals surface area contributed by atoms with Crippen molar-refractivity contribution >= 4 is 0 Å². The second-order valence-corrected chi connectivity index (χ2v) is 3.97. The SMILES string of the molecule is COc1cc(C(O)Cc2ccncc2)ccc1F. The fourth-order valence-corrected chi connectivity index (χ4v) is 1.74. The number of ether oxygens (including phenoxy) is 1. The van der Waals surface area contributed by atoms with Gasteiger partial charge in [0.2, 0.25) is 0 Å². The molecule has 0 aliphatic rings. The molecule has 0 fully saturated rings. The number of aliphatic hydroxyl groups is 1. The summed E-state index contributed by atoms with van der Waals surface area (Å²) in [6.45, 7) is 0. The molecule has 1 aromatic carbocycles. The van der Waals surface area contributed by atoms with Crippen LogP contribution in [0, 0.1) is 5.82 Å². The second-order valence-electron chi connectivity index (χ2n) is 3.97. The van der Waals surface area contributed by atoms with Crippen LogP contribution in [0.5, 0.6) is 5.75 Å². The van der Waals surface area contributed by atoms with Gasteiger partial charge in [0, 0.05) is 18.8 Å². The molecule has 3 nitrogen and oxygen atoms in total. The van der Waals surface area contributed by atoms with Crippen LogP contribution in [0.1, 0.15) is 17.2 Å². The van der Waals surface area contributed by atoms with Gasteiger partial charge < -0.3 is 9.84 Å². The third-order valence-electron chi connectivity index (χ3n) is 2.74. The van der Waals surface area contributed by atoms with Crippen LogP contribution < -0.4 is 4.74 Å². The zero-order chi connectivity index (χ0) is 13.0. The fraction of sp³-hybridized carbons (Fsp3) is 0.214. The Kier molecular flexibility index (Phi) is 3.89. The van der Waals surface area contributed by atoms with Gasteiger partial charge in [-0.1, -0.05) is 6.07 Å². The molecule has 2 rings (SSSR count). The van der Waals surface area contributed by atoms with Crippen LogP contribution in [0.15, 0.2) is 42.7 Å². The molecule has 0 aliphatic heterocycles. The lowest BCUT2D eigenvalue weighted by Crippen LogP contribution is -2.03. The van der Waals surface area contributed by atoms with Gasteiger partial charge in [-0.2, -0.15) is 0 Å². The first-order valence-corrected chi connectivity index (χ1v) is 5.61. The minimum Gasteiger partial charge on any atom is -0.494 e. The summed E-state index contributed by atoms with van der Waals surface area (Å²) in [4.78, 5) is 3.91. The Balaban J connectivity index is 2.16. The van der Waals surface area contributed by atoms with E-state index in [0.29, 0.717) is 12.0 Å². The van der Waals surface area contributed by atoms with Crippen LogP contribution in [0.3, 0.4) is 0 Å². The molecule has 18 heavy (non-hydrogen) atoms. The third-order valence-corrected chi connectivity index (χ3v) is 2.74. The van der Waals surface area contributed by atoms with E-state index in [-0.39, 0.29) is 5.75 Å². The molecule has 2 aromatic rings. The molecule has 94 valence electrons. The zero-order valence-corrected chi connectivity index (χ0v) is 10.0. The van der Waals surface area contributed by atoms with Crippen molar-refractivity contribution in [2.24, 2.45) is 0 Å². The van der Waals surface area contributed by atoms with E-state index in [0.717, 1.165) is 5.56 Å². The third kappa shape index (κ3) is 2.84. The Morgan fingerprint density at radius 2 is 2.00 bits per heavy atom. The van der Waals surface area contributed by atoms with E-state index in [4.69, 9.17) is 4.74 Å². The maximum atomic E-state index is 13.2. The first-order chi connectivity index (χ1) is 8.70. The molecule has 0 amide bonds. The predicted molar refractivity (Wildman–Crippen MR) is 65.9 cm³/mol. The van der Waals surface area contributed by atoms with Gasteiger partial charge in [0.05, 0.1) is 13.2 Å². The zero-order valence-electron chi connectivity index (χ0n) is 10.0. The number of pyridine rings is 1. The summed E-state index contributed by atoms with van der Waals surface area (Å²) in [5.74, 6) is -0.293. The Morgan fingerprint density at radius 3 is 2.67 bits per heavy atom. The molecule has 0 spiro atoms. The summed E-state index contributed by atoms with van der Waals surface area (Å²) < 4.78 is 18.1. The van der Waals surface area contributed by atoms with E-state index in [2.05, 4.69) is 4.98 Å². The van der Waals surface area contributed by atoms with Crippen molar-refractivity contribution in [1.82, 2.24) is 4.98 Å². The van der Waals surface area contributed by atoms with Crippen LogP contribution >= 0.6 is 0 Å². The van der Waals surface area contributed by atoms with Crippen molar-refractivity contribution in [2.45, 2.75) is 12.5 Å². The Morgan fingerprint density at radius 1 is 1.28 bits per heavy atom. The number of rotatable bonds is 4. The van der Waals surface area contributed by atoms with Crippen molar-refractivity contribution in [3.8, 4) is 5.75 Å². The first-order valence-electron chi connectivity index (χ1n) is 5.61. The molecule has 0 saturated carbocycles. The predicted octanol–water partition coefficient (Wildman–Crippen LogP) is 2.51. The number of hydrogen-bond donors (Lipinski definition) is 1. The Bertz CT molecular complexity index is 516. The highest BCUT2D eigenvalue weighted by Gasteiger charge is 2.11. The van der Waals surface area contributed by atoms with Gasteiger partial charge in [-0.15, -0.1) is 0 Å². The maximum absolute atomic E-state index is 13.2. The summed E-state index contributed by atoms with van der Waals surface area (Å²) in [5, 5.41) is 10.1. The average Bonchev–Trinajstić information content (AvgIpc) is 2.40.